The second-order valence-corrected chi connectivity index (χ2v) is 4.58. The van der Waals surface area contributed by atoms with Crippen molar-refractivity contribution in [2.45, 2.75) is 13.0 Å². The van der Waals surface area contributed by atoms with Gasteiger partial charge in [-0.1, -0.05) is 0 Å². The maximum atomic E-state index is 5.48. The van der Waals surface area contributed by atoms with Crippen LogP contribution in [0.4, 0.5) is 17.3 Å². The fourth-order valence-electron chi connectivity index (χ4n) is 2.26. The summed E-state index contributed by atoms with van der Waals surface area (Å²) in [5.41, 5.74) is 1.09. The Bertz CT molecular complexity index is 528. The van der Waals surface area contributed by atoms with Crippen LogP contribution in [-0.4, -0.2) is 41.0 Å². The standard InChI is InChI=1S/C13H17N5O/c1-10-9-19-8-7-18(10)11-3-2-5-14-13(11)16-12-4-6-15-17-12/h2-6,10H,7-9H2,1H3,(H2,14,15,16,17). The van der Waals surface area contributed by atoms with Crippen LogP contribution < -0.4 is 10.2 Å². The molecule has 100 valence electrons. The van der Waals surface area contributed by atoms with Crippen LogP contribution >= 0.6 is 0 Å². The molecule has 0 amide bonds. The molecule has 19 heavy (non-hydrogen) atoms. The Balaban J connectivity index is 1.88. The third-order valence-corrected chi connectivity index (χ3v) is 3.22. The number of anilines is 3. The Kier molecular flexibility index (Phi) is 3.33. The number of hydrogen-bond donors (Lipinski definition) is 2. The molecule has 0 aliphatic carbocycles. The van der Waals surface area contributed by atoms with Gasteiger partial charge in [-0.2, -0.15) is 5.10 Å². The van der Waals surface area contributed by atoms with Crippen molar-refractivity contribution in [1.29, 1.82) is 0 Å². The number of rotatable bonds is 3. The smallest absolute Gasteiger partial charge is 0.155 e. The second kappa shape index (κ2) is 5.27. The maximum Gasteiger partial charge on any atom is 0.155 e. The molecule has 0 aromatic carbocycles. The van der Waals surface area contributed by atoms with Crippen molar-refractivity contribution < 1.29 is 4.74 Å². The summed E-state index contributed by atoms with van der Waals surface area (Å²) in [5.74, 6) is 1.67. The molecular weight excluding hydrogens is 242 g/mol. The summed E-state index contributed by atoms with van der Waals surface area (Å²) in [4.78, 5) is 6.74. The number of H-pyrrole nitrogens is 1. The highest BCUT2D eigenvalue weighted by Gasteiger charge is 2.21. The van der Waals surface area contributed by atoms with Crippen molar-refractivity contribution in [3.8, 4) is 0 Å². The van der Waals surface area contributed by atoms with Gasteiger partial charge in [0.05, 0.1) is 25.1 Å². The molecule has 2 aromatic rings. The topological polar surface area (TPSA) is 66.1 Å². The van der Waals surface area contributed by atoms with E-state index >= 15 is 0 Å². The SMILES string of the molecule is CC1COCCN1c1cccnc1Nc1ccn[nH]1. The van der Waals surface area contributed by atoms with Crippen LogP contribution in [0.25, 0.3) is 0 Å². The zero-order valence-corrected chi connectivity index (χ0v) is 10.8. The van der Waals surface area contributed by atoms with Gasteiger partial charge in [0.2, 0.25) is 0 Å². The molecule has 0 saturated carbocycles. The zero-order chi connectivity index (χ0) is 13.1. The summed E-state index contributed by atoms with van der Waals surface area (Å²) in [6, 6.07) is 6.25. The lowest BCUT2D eigenvalue weighted by Gasteiger charge is -2.35. The molecule has 6 heteroatoms. The van der Waals surface area contributed by atoms with Crippen LogP contribution in [0.1, 0.15) is 6.92 Å². The van der Waals surface area contributed by atoms with E-state index in [1.807, 2.05) is 12.1 Å². The van der Waals surface area contributed by atoms with E-state index in [1.54, 1.807) is 12.4 Å². The van der Waals surface area contributed by atoms with Gasteiger partial charge in [-0.3, -0.25) is 5.10 Å². The average Bonchev–Trinajstić information content (AvgIpc) is 2.93. The molecule has 1 aliphatic rings. The van der Waals surface area contributed by atoms with Gasteiger partial charge in [-0.25, -0.2) is 4.98 Å². The van der Waals surface area contributed by atoms with Gasteiger partial charge >= 0.3 is 0 Å². The third-order valence-electron chi connectivity index (χ3n) is 3.22. The van der Waals surface area contributed by atoms with Crippen LogP contribution in [0.15, 0.2) is 30.6 Å². The highest BCUT2D eigenvalue weighted by Crippen LogP contribution is 2.28. The summed E-state index contributed by atoms with van der Waals surface area (Å²) >= 11 is 0. The van der Waals surface area contributed by atoms with Gasteiger partial charge in [0.1, 0.15) is 5.82 Å². The van der Waals surface area contributed by atoms with Crippen molar-refractivity contribution in [2.24, 2.45) is 0 Å². The van der Waals surface area contributed by atoms with Crippen molar-refractivity contribution in [1.82, 2.24) is 15.2 Å². The summed E-state index contributed by atoms with van der Waals surface area (Å²) in [6.07, 6.45) is 3.50. The summed E-state index contributed by atoms with van der Waals surface area (Å²) < 4.78 is 5.48. The number of morpholine rings is 1. The van der Waals surface area contributed by atoms with Crippen molar-refractivity contribution >= 4 is 17.3 Å². The monoisotopic (exact) mass is 259 g/mol. The number of ether oxygens (including phenoxy) is 1. The second-order valence-electron chi connectivity index (χ2n) is 4.58. The Hall–Kier alpha value is -2.08. The number of hydrogen-bond acceptors (Lipinski definition) is 5. The van der Waals surface area contributed by atoms with Crippen LogP contribution in [0.5, 0.6) is 0 Å². The van der Waals surface area contributed by atoms with Crippen molar-refractivity contribution in [3.05, 3.63) is 30.6 Å². The van der Waals surface area contributed by atoms with Crippen molar-refractivity contribution in [3.63, 3.8) is 0 Å². The number of aromatic nitrogens is 3. The number of aromatic amines is 1. The largest absolute Gasteiger partial charge is 0.377 e. The number of pyridine rings is 1. The van der Waals surface area contributed by atoms with Gasteiger partial charge in [-0.05, 0) is 19.1 Å². The lowest BCUT2D eigenvalue weighted by Crippen LogP contribution is -2.44. The van der Waals surface area contributed by atoms with Gasteiger partial charge in [-0.15, -0.1) is 0 Å². The van der Waals surface area contributed by atoms with Gasteiger partial charge in [0.15, 0.2) is 5.82 Å². The quantitative estimate of drug-likeness (QED) is 0.879. The summed E-state index contributed by atoms with van der Waals surface area (Å²) in [6.45, 7) is 4.54. The average molecular weight is 259 g/mol. The molecule has 1 aliphatic heterocycles. The fraction of sp³-hybridized carbons (Fsp3) is 0.385. The summed E-state index contributed by atoms with van der Waals surface area (Å²) in [5, 5.41) is 10.1. The van der Waals surface area contributed by atoms with E-state index in [1.165, 1.54) is 0 Å². The zero-order valence-electron chi connectivity index (χ0n) is 10.8. The van der Waals surface area contributed by atoms with Crippen LogP contribution in [-0.2, 0) is 4.74 Å². The Morgan fingerprint density at radius 3 is 3.16 bits per heavy atom. The molecule has 6 nitrogen and oxygen atoms in total. The minimum atomic E-state index is 0.347. The molecule has 1 saturated heterocycles. The molecule has 1 atom stereocenters. The molecule has 0 spiro atoms. The van der Waals surface area contributed by atoms with Gasteiger partial charge in [0, 0.05) is 24.8 Å². The van der Waals surface area contributed by atoms with Gasteiger partial charge < -0.3 is 15.0 Å². The molecule has 0 bridgehead atoms. The molecule has 1 fully saturated rings. The molecule has 2 N–H and O–H groups in total. The van der Waals surface area contributed by atoms with E-state index in [4.69, 9.17) is 4.74 Å². The minimum Gasteiger partial charge on any atom is -0.377 e. The molecular formula is C13H17N5O. The highest BCUT2D eigenvalue weighted by molar-refractivity contribution is 5.70. The Morgan fingerprint density at radius 2 is 2.37 bits per heavy atom. The Labute approximate surface area is 111 Å². The van der Waals surface area contributed by atoms with E-state index in [0.29, 0.717) is 6.04 Å². The van der Waals surface area contributed by atoms with Crippen LogP contribution in [0.2, 0.25) is 0 Å². The third kappa shape index (κ3) is 2.53. The lowest BCUT2D eigenvalue weighted by molar-refractivity contribution is 0.0990. The first-order chi connectivity index (χ1) is 9.34. The maximum absolute atomic E-state index is 5.48. The number of nitrogens with one attached hydrogen (secondary N) is 2. The van der Waals surface area contributed by atoms with Gasteiger partial charge in [0.25, 0.3) is 0 Å². The van der Waals surface area contributed by atoms with E-state index in [0.717, 1.165) is 37.1 Å². The lowest BCUT2D eigenvalue weighted by atomic mass is 10.2. The normalized spacial score (nSPS) is 19.4. The first kappa shape index (κ1) is 12.0. The highest BCUT2D eigenvalue weighted by atomic mass is 16.5. The Morgan fingerprint density at radius 1 is 1.42 bits per heavy atom. The predicted octanol–water partition coefficient (Wildman–Crippen LogP) is 1.77. The molecule has 3 heterocycles. The van der Waals surface area contributed by atoms with E-state index in [-0.39, 0.29) is 0 Å². The minimum absolute atomic E-state index is 0.347. The molecule has 1 unspecified atom stereocenters. The van der Waals surface area contributed by atoms with E-state index in [9.17, 15) is 0 Å². The van der Waals surface area contributed by atoms with E-state index < -0.39 is 0 Å². The van der Waals surface area contributed by atoms with E-state index in [2.05, 4.69) is 38.4 Å². The fourth-order valence-corrected chi connectivity index (χ4v) is 2.26. The summed E-state index contributed by atoms with van der Waals surface area (Å²) in [7, 11) is 0. The van der Waals surface area contributed by atoms with Crippen LogP contribution in [0, 0.1) is 0 Å². The van der Waals surface area contributed by atoms with Crippen LogP contribution in [0.3, 0.4) is 0 Å². The number of nitrogens with zero attached hydrogens (tertiary/aromatic N) is 3. The molecule has 3 rings (SSSR count). The predicted molar refractivity (Wildman–Crippen MR) is 73.7 cm³/mol. The van der Waals surface area contributed by atoms with Crippen molar-refractivity contribution in [2.75, 3.05) is 30.0 Å². The molecule has 0 radical (unpaired) electrons. The first-order valence-corrected chi connectivity index (χ1v) is 6.40. The first-order valence-electron chi connectivity index (χ1n) is 6.40. The molecule has 2 aromatic heterocycles.